The van der Waals surface area contributed by atoms with Gasteiger partial charge in [-0.2, -0.15) is 0 Å². The predicted octanol–water partition coefficient (Wildman–Crippen LogP) is 4.37. The third-order valence-electron chi connectivity index (χ3n) is 4.01. The number of aliphatic imine (C=N–C) groups is 1. The van der Waals surface area contributed by atoms with Gasteiger partial charge in [0.2, 0.25) is 0 Å². The number of halogens is 1. The molecule has 1 atom stereocenters. The van der Waals surface area contributed by atoms with Crippen molar-refractivity contribution in [2.24, 2.45) is 4.99 Å². The summed E-state index contributed by atoms with van der Waals surface area (Å²) < 4.78 is 5.10. The van der Waals surface area contributed by atoms with Crippen LogP contribution in [0.25, 0.3) is 0 Å². The van der Waals surface area contributed by atoms with Crippen LogP contribution in [0.4, 0.5) is 0 Å². The molecular weight excluding hydrogens is 487 g/mol. The van der Waals surface area contributed by atoms with Gasteiger partial charge in [0.25, 0.3) is 0 Å². The number of rotatable bonds is 7. The largest absolute Gasteiger partial charge is 0.462 e. The summed E-state index contributed by atoms with van der Waals surface area (Å²) >= 11 is 1.36. The van der Waals surface area contributed by atoms with Gasteiger partial charge in [-0.1, -0.05) is 24.3 Å². The highest BCUT2D eigenvalue weighted by Crippen LogP contribution is 2.24. The number of nitrogens with zero attached hydrogens (tertiary/aromatic N) is 2. The summed E-state index contributed by atoms with van der Waals surface area (Å²) in [6, 6.07) is 8.15. The minimum absolute atomic E-state index is 0. The summed E-state index contributed by atoms with van der Waals surface area (Å²) in [7, 11) is 0. The smallest absolute Gasteiger partial charge is 0.350 e. The van der Waals surface area contributed by atoms with Gasteiger partial charge in [0.05, 0.1) is 24.9 Å². The van der Waals surface area contributed by atoms with Crippen molar-refractivity contribution in [1.82, 2.24) is 15.6 Å². The number of carbonyl (C=O) groups excluding carboxylic acids is 1. The molecule has 6 nitrogen and oxygen atoms in total. The van der Waals surface area contributed by atoms with Crippen molar-refractivity contribution in [3.63, 3.8) is 0 Å². The Morgan fingerprint density at radius 1 is 1.29 bits per heavy atom. The molecule has 0 aliphatic rings. The second-order valence-electron chi connectivity index (χ2n) is 6.17. The number of aromatic nitrogens is 1. The average Bonchev–Trinajstić information content (AvgIpc) is 3.03. The van der Waals surface area contributed by atoms with Gasteiger partial charge in [-0.15, -0.1) is 35.3 Å². The molecule has 2 aromatic rings. The fraction of sp³-hybridized carbons (Fsp3) is 0.450. The number of nitrogens with one attached hydrogen (secondary N) is 2. The van der Waals surface area contributed by atoms with E-state index in [1.165, 1.54) is 22.5 Å². The van der Waals surface area contributed by atoms with E-state index in [9.17, 15) is 4.79 Å². The Bertz CT molecular complexity index is 807. The summed E-state index contributed by atoms with van der Waals surface area (Å²) in [5.74, 6) is 0.407. The lowest BCUT2D eigenvalue weighted by Crippen LogP contribution is -2.38. The SMILES string of the molecule is CCNC(=NCc1ccccc1C)NC(C)c1nc(C)c(C(=O)OCC)s1.I. The van der Waals surface area contributed by atoms with E-state index < -0.39 is 0 Å². The van der Waals surface area contributed by atoms with Crippen LogP contribution >= 0.6 is 35.3 Å². The lowest BCUT2D eigenvalue weighted by Gasteiger charge is -2.16. The van der Waals surface area contributed by atoms with Gasteiger partial charge >= 0.3 is 5.97 Å². The van der Waals surface area contributed by atoms with Crippen LogP contribution in [0.5, 0.6) is 0 Å². The Balaban J connectivity index is 0.00000392. The van der Waals surface area contributed by atoms with Gasteiger partial charge in [-0.05, 0) is 45.7 Å². The number of carbonyl (C=O) groups is 1. The monoisotopic (exact) mass is 516 g/mol. The van der Waals surface area contributed by atoms with Crippen LogP contribution in [0.2, 0.25) is 0 Å². The molecule has 0 amide bonds. The van der Waals surface area contributed by atoms with Crippen molar-refractivity contribution in [3.8, 4) is 0 Å². The number of benzene rings is 1. The minimum Gasteiger partial charge on any atom is -0.462 e. The highest BCUT2D eigenvalue weighted by Gasteiger charge is 2.20. The van der Waals surface area contributed by atoms with Gasteiger partial charge in [-0.3, -0.25) is 0 Å². The standard InChI is InChI=1S/C20H28N4O2S.HI/c1-6-21-20(22-12-16-11-9-8-10-13(16)3)24-15(5)18-23-14(4)17(27-18)19(25)26-7-2;/h8-11,15H,6-7,12H2,1-5H3,(H2,21,22,24);1H. The third-order valence-corrected chi connectivity index (χ3v) is 5.33. The first-order valence-corrected chi connectivity index (χ1v) is 10.0. The maximum absolute atomic E-state index is 12.0. The molecule has 8 heteroatoms. The predicted molar refractivity (Wildman–Crippen MR) is 126 cm³/mol. The Kier molecular flexibility index (Phi) is 10.4. The Hall–Kier alpha value is -1.68. The third kappa shape index (κ3) is 6.73. The number of aryl methyl sites for hydroxylation is 2. The molecule has 0 saturated heterocycles. The van der Waals surface area contributed by atoms with E-state index in [0.29, 0.717) is 23.7 Å². The van der Waals surface area contributed by atoms with Crippen molar-refractivity contribution in [3.05, 3.63) is 51.0 Å². The first kappa shape index (κ1) is 24.4. The molecule has 1 unspecified atom stereocenters. The zero-order valence-corrected chi connectivity index (χ0v) is 20.2. The van der Waals surface area contributed by atoms with E-state index in [0.717, 1.165) is 17.5 Å². The molecular formula is C20H29IN4O2S. The van der Waals surface area contributed by atoms with Crippen LogP contribution in [0, 0.1) is 13.8 Å². The number of ether oxygens (including phenoxy) is 1. The average molecular weight is 516 g/mol. The maximum Gasteiger partial charge on any atom is 0.350 e. The summed E-state index contributed by atoms with van der Waals surface area (Å²) in [4.78, 5) is 21.8. The highest BCUT2D eigenvalue weighted by molar-refractivity contribution is 14.0. The van der Waals surface area contributed by atoms with Crippen molar-refractivity contribution >= 4 is 47.2 Å². The normalized spacial score (nSPS) is 12.1. The number of guanidine groups is 1. The zero-order valence-electron chi connectivity index (χ0n) is 17.0. The van der Waals surface area contributed by atoms with E-state index in [-0.39, 0.29) is 36.0 Å². The Morgan fingerprint density at radius 2 is 2.00 bits per heavy atom. The fourth-order valence-corrected chi connectivity index (χ4v) is 3.49. The maximum atomic E-state index is 12.0. The van der Waals surface area contributed by atoms with Crippen molar-refractivity contribution < 1.29 is 9.53 Å². The molecule has 1 aromatic carbocycles. The lowest BCUT2D eigenvalue weighted by molar-refractivity contribution is 0.0531. The number of thiazole rings is 1. The molecule has 0 saturated carbocycles. The van der Waals surface area contributed by atoms with Gasteiger partial charge in [0.1, 0.15) is 9.88 Å². The topological polar surface area (TPSA) is 75.6 Å². The van der Waals surface area contributed by atoms with Crippen molar-refractivity contribution in [2.75, 3.05) is 13.2 Å². The molecule has 2 N–H and O–H groups in total. The highest BCUT2D eigenvalue weighted by atomic mass is 127. The van der Waals surface area contributed by atoms with E-state index in [1.807, 2.05) is 32.9 Å². The van der Waals surface area contributed by atoms with Gasteiger partial charge in [0.15, 0.2) is 5.96 Å². The fourth-order valence-electron chi connectivity index (χ4n) is 2.53. The summed E-state index contributed by atoms with van der Waals surface area (Å²) in [5, 5.41) is 7.46. The summed E-state index contributed by atoms with van der Waals surface area (Å²) in [6.45, 7) is 11.5. The van der Waals surface area contributed by atoms with E-state index in [4.69, 9.17) is 4.74 Å². The molecule has 0 aliphatic heterocycles. The van der Waals surface area contributed by atoms with Gasteiger partial charge in [-0.25, -0.2) is 14.8 Å². The van der Waals surface area contributed by atoms with Crippen molar-refractivity contribution in [2.45, 2.75) is 47.2 Å². The van der Waals surface area contributed by atoms with E-state index >= 15 is 0 Å². The second-order valence-corrected chi connectivity index (χ2v) is 7.21. The molecule has 28 heavy (non-hydrogen) atoms. The minimum atomic E-state index is -0.314. The summed E-state index contributed by atoms with van der Waals surface area (Å²) in [6.07, 6.45) is 0. The lowest BCUT2D eigenvalue weighted by atomic mass is 10.1. The first-order chi connectivity index (χ1) is 13.0. The van der Waals surface area contributed by atoms with Crippen LogP contribution in [0.3, 0.4) is 0 Å². The van der Waals surface area contributed by atoms with Crippen LogP contribution in [-0.2, 0) is 11.3 Å². The quantitative estimate of drug-likeness (QED) is 0.248. The van der Waals surface area contributed by atoms with E-state index in [1.54, 1.807) is 6.92 Å². The zero-order chi connectivity index (χ0) is 19.8. The molecule has 0 fully saturated rings. The van der Waals surface area contributed by atoms with E-state index in [2.05, 4.69) is 39.7 Å². The molecule has 0 aliphatic carbocycles. The molecule has 0 spiro atoms. The van der Waals surface area contributed by atoms with Crippen LogP contribution in [0.15, 0.2) is 29.3 Å². The van der Waals surface area contributed by atoms with Gasteiger partial charge in [0, 0.05) is 6.54 Å². The molecule has 1 heterocycles. The second kappa shape index (κ2) is 12.0. The first-order valence-electron chi connectivity index (χ1n) is 9.20. The summed E-state index contributed by atoms with van der Waals surface area (Å²) in [5.41, 5.74) is 3.11. The number of hydrogen-bond acceptors (Lipinski definition) is 5. The van der Waals surface area contributed by atoms with Gasteiger partial charge < -0.3 is 15.4 Å². The molecule has 154 valence electrons. The molecule has 1 aromatic heterocycles. The Morgan fingerprint density at radius 3 is 2.64 bits per heavy atom. The van der Waals surface area contributed by atoms with Crippen molar-refractivity contribution in [1.29, 1.82) is 0 Å². The van der Waals surface area contributed by atoms with Crippen LogP contribution in [-0.4, -0.2) is 30.1 Å². The Labute approximate surface area is 188 Å². The van der Waals surface area contributed by atoms with Crippen LogP contribution < -0.4 is 10.6 Å². The van der Waals surface area contributed by atoms with Crippen LogP contribution in [0.1, 0.15) is 58.3 Å². The molecule has 2 rings (SSSR count). The number of esters is 1. The number of hydrogen-bond donors (Lipinski definition) is 2. The molecule has 0 radical (unpaired) electrons. The molecule has 0 bridgehead atoms.